The molecule has 110 valence electrons. The smallest absolute Gasteiger partial charge is 0.260 e. The third-order valence-corrected chi connectivity index (χ3v) is 2.83. The molecule has 1 aromatic rings. The van der Waals surface area contributed by atoms with E-state index in [1.54, 1.807) is 13.8 Å². The van der Waals surface area contributed by atoms with Crippen LogP contribution in [-0.4, -0.2) is 39.5 Å². The van der Waals surface area contributed by atoms with E-state index in [2.05, 4.69) is 5.16 Å². The van der Waals surface area contributed by atoms with Crippen molar-refractivity contribution in [2.45, 2.75) is 26.3 Å². The molecule has 1 amide bonds. The fourth-order valence-electron chi connectivity index (χ4n) is 1.75. The first kappa shape index (κ1) is 15.7. The van der Waals surface area contributed by atoms with Crippen molar-refractivity contribution >= 4 is 11.7 Å². The predicted molar refractivity (Wildman–Crippen MR) is 72.3 cm³/mol. The normalized spacial score (nSPS) is 11.7. The molecule has 0 aromatic heterocycles. The molecule has 0 aliphatic heterocycles. The average molecular weight is 283 g/mol. The Labute approximate surface area is 116 Å². The van der Waals surface area contributed by atoms with Gasteiger partial charge in [0.2, 0.25) is 0 Å². The van der Waals surface area contributed by atoms with Crippen LogP contribution in [0, 0.1) is 5.82 Å². The highest BCUT2D eigenvalue weighted by Crippen LogP contribution is 2.22. The number of phenolic OH excluding ortho intramolecular Hbond substituents is 1. The second-order valence-electron chi connectivity index (χ2n) is 4.57. The molecule has 0 aliphatic rings. The molecule has 7 heteroatoms. The van der Waals surface area contributed by atoms with Gasteiger partial charge in [-0.3, -0.25) is 4.79 Å². The minimum atomic E-state index is -0.788. The lowest BCUT2D eigenvalue weighted by Crippen LogP contribution is -2.39. The van der Waals surface area contributed by atoms with Crippen LogP contribution in [0.1, 0.15) is 30.6 Å². The van der Waals surface area contributed by atoms with Crippen LogP contribution in [0.5, 0.6) is 5.75 Å². The van der Waals surface area contributed by atoms with E-state index >= 15 is 0 Å². The number of hydrogen-bond acceptors (Lipinski definition) is 4. The van der Waals surface area contributed by atoms with Crippen molar-refractivity contribution in [2.24, 2.45) is 10.9 Å². The molecule has 20 heavy (non-hydrogen) atoms. The van der Waals surface area contributed by atoms with E-state index in [1.807, 2.05) is 0 Å². The zero-order chi connectivity index (χ0) is 15.3. The summed E-state index contributed by atoms with van der Waals surface area (Å²) in [6, 6.07) is 3.44. The molecule has 0 atom stereocenters. The van der Waals surface area contributed by atoms with Gasteiger partial charge in [0.05, 0.1) is 0 Å². The Bertz CT molecular complexity index is 497. The lowest BCUT2D eigenvalue weighted by molar-refractivity contribution is 0.0703. The topological polar surface area (TPSA) is 99.1 Å². The first-order valence-electron chi connectivity index (χ1n) is 6.13. The molecule has 0 unspecified atom stereocenters. The van der Waals surface area contributed by atoms with Gasteiger partial charge in [0.1, 0.15) is 23.0 Å². The van der Waals surface area contributed by atoms with E-state index in [0.29, 0.717) is 0 Å². The summed E-state index contributed by atoms with van der Waals surface area (Å²) in [6.45, 7) is 3.66. The Morgan fingerprint density at radius 1 is 1.50 bits per heavy atom. The highest BCUT2D eigenvalue weighted by molar-refractivity contribution is 5.97. The number of hydrogen-bond donors (Lipinski definition) is 3. The largest absolute Gasteiger partial charge is 0.507 e. The summed E-state index contributed by atoms with van der Waals surface area (Å²) in [6.07, 6.45) is 0.148. The minimum Gasteiger partial charge on any atom is -0.507 e. The summed E-state index contributed by atoms with van der Waals surface area (Å²) in [5, 5.41) is 20.9. The van der Waals surface area contributed by atoms with Crippen LogP contribution in [0.25, 0.3) is 0 Å². The molecule has 4 N–H and O–H groups in total. The van der Waals surface area contributed by atoms with Crippen molar-refractivity contribution in [3.63, 3.8) is 0 Å². The van der Waals surface area contributed by atoms with Gasteiger partial charge in [0, 0.05) is 19.0 Å². The number of aromatic hydroxyl groups is 1. The van der Waals surface area contributed by atoms with Gasteiger partial charge >= 0.3 is 0 Å². The Hall–Kier alpha value is -2.31. The van der Waals surface area contributed by atoms with E-state index < -0.39 is 17.5 Å². The van der Waals surface area contributed by atoms with E-state index in [9.17, 15) is 14.3 Å². The molecule has 0 saturated carbocycles. The van der Waals surface area contributed by atoms with Crippen molar-refractivity contribution in [1.29, 1.82) is 0 Å². The van der Waals surface area contributed by atoms with Crippen LogP contribution in [0.3, 0.4) is 0 Å². The molecule has 0 bridgehead atoms. The Kier molecular flexibility index (Phi) is 5.31. The van der Waals surface area contributed by atoms with Crippen LogP contribution >= 0.6 is 0 Å². The van der Waals surface area contributed by atoms with Crippen LogP contribution in [0.4, 0.5) is 4.39 Å². The van der Waals surface area contributed by atoms with Gasteiger partial charge in [-0.05, 0) is 26.0 Å². The van der Waals surface area contributed by atoms with Gasteiger partial charge in [-0.2, -0.15) is 0 Å². The highest BCUT2D eigenvalue weighted by Gasteiger charge is 2.24. The van der Waals surface area contributed by atoms with Crippen molar-refractivity contribution in [1.82, 2.24) is 4.90 Å². The molecule has 6 nitrogen and oxygen atoms in total. The number of benzene rings is 1. The molecule has 0 fully saturated rings. The molecule has 0 spiro atoms. The van der Waals surface area contributed by atoms with E-state index in [0.717, 1.165) is 6.07 Å². The van der Waals surface area contributed by atoms with Gasteiger partial charge < -0.3 is 20.9 Å². The highest BCUT2D eigenvalue weighted by atomic mass is 19.1. The lowest BCUT2D eigenvalue weighted by Gasteiger charge is -2.27. The molecular formula is C13H18FN3O3. The quantitative estimate of drug-likeness (QED) is 0.330. The third-order valence-electron chi connectivity index (χ3n) is 2.83. The Morgan fingerprint density at radius 3 is 2.65 bits per heavy atom. The molecule has 0 radical (unpaired) electrons. The van der Waals surface area contributed by atoms with Gasteiger partial charge in [-0.15, -0.1) is 0 Å². The Morgan fingerprint density at radius 2 is 2.15 bits per heavy atom. The van der Waals surface area contributed by atoms with Gasteiger partial charge in [-0.25, -0.2) is 4.39 Å². The van der Waals surface area contributed by atoms with E-state index in [-0.39, 0.29) is 30.4 Å². The molecule has 1 aromatic carbocycles. The fourth-order valence-corrected chi connectivity index (χ4v) is 1.75. The molecule has 0 aliphatic carbocycles. The number of amides is 1. The summed E-state index contributed by atoms with van der Waals surface area (Å²) in [7, 11) is 0. The van der Waals surface area contributed by atoms with Crippen LogP contribution in [0.15, 0.2) is 23.4 Å². The zero-order valence-corrected chi connectivity index (χ0v) is 11.4. The molecule has 1 rings (SSSR count). The summed E-state index contributed by atoms with van der Waals surface area (Å²) in [5.41, 5.74) is 4.98. The zero-order valence-electron chi connectivity index (χ0n) is 11.4. The molecule has 0 saturated heterocycles. The second-order valence-corrected chi connectivity index (χ2v) is 4.57. The van der Waals surface area contributed by atoms with Crippen LogP contribution < -0.4 is 5.73 Å². The average Bonchev–Trinajstić information content (AvgIpc) is 2.38. The number of nitrogens with zero attached hydrogens (tertiary/aromatic N) is 2. The van der Waals surface area contributed by atoms with Crippen molar-refractivity contribution in [2.75, 3.05) is 6.54 Å². The first-order valence-corrected chi connectivity index (χ1v) is 6.13. The maximum atomic E-state index is 13.7. The van der Waals surface area contributed by atoms with Crippen LogP contribution in [0.2, 0.25) is 0 Å². The summed E-state index contributed by atoms with van der Waals surface area (Å²) in [5.74, 6) is -1.86. The van der Waals surface area contributed by atoms with Gasteiger partial charge in [0.15, 0.2) is 0 Å². The molecular weight excluding hydrogens is 265 g/mol. The summed E-state index contributed by atoms with van der Waals surface area (Å²) < 4.78 is 13.7. The Balaban J connectivity index is 3.00. The van der Waals surface area contributed by atoms with Gasteiger partial charge in [-0.1, -0.05) is 11.2 Å². The predicted octanol–water partition coefficient (Wildman–Crippen LogP) is 1.52. The number of nitrogens with two attached hydrogens (primary N) is 1. The summed E-state index contributed by atoms with van der Waals surface area (Å²) >= 11 is 0. The second kappa shape index (κ2) is 6.74. The third kappa shape index (κ3) is 3.59. The number of carbonyl (C=O) groups is 1. The summed E-state index contributed by atoms with van der Waals surface area (Å²) in [4.78, 5) is 13.7. The van der Waals surface area contributed by atoms with Gasteiger partial charge in [0.25, 0.3) is 5.91 Å². The van der Waals surface area contributed by atoms with Crippen molar-refractivity contribution < 1.29 is 19.5 Å². The maximum absolute atomic E-state index is 13.7. The van der Waals surface area contributed by atoms with E-state index in [4.69, 9.17) is 10.9 Å². The monoisotopic (exact) mass is 283 g/mol. The van der Waals surface area contributed by atoms with Crippen molar-refractivity contribution in [3.8, 4) is 5.75 Å². The number of amidine groups is 1. The maximum Gasteiger partial charge on any atom is 0.260 e. The van der Waals surface area contributed by atoms with Crippen molar-refractivity contribution in [3.05, 3.63) is 29.6 Å². The SMILES string of the molecule is CC(C)N(CC/C(N)=N/O)C(=O)c1c(O)cccc1F. The fraction of sp³-hybridized carbons (Fsp3) is 0.385. The first-order chi connectivity index (χ1) is 9.38. The minimum absolute atomic E-state index is 0.0267. The number of phenols is 1. The number of rotatable bonds is 5. The van der Waals surface area contributed by atoms with E-state index in [1.165, 1.54) is 17.0 Å². The number of oxime groups is 1. The standard InChI is InChI=1S/C13H18FN3O3/c1-8(2)17(7-6-11(15)16-20)13(19)12-9(14)4-3-5-10(12)18/h3-5,8,18,20H,6-7H2,1-2H3,(H2,15,16). The van der Waals surface area contributed by atoms with Crippen LogP contribution in [-0.2, 0) is 0 Å². The number of carbonyl (C=O) groups excluding carboxylic acids is 1. The lowest BCUT2D eigenvalue weighted by atomic mass is 10.1. The number of halogens is 1. The molecule has 0 heterocycles.